The molecule has 33 heavy (non-hydrogen) atoms. The third kappa shape index (κ3) is 4.45. The molecule has 2 aromatic heterocycles. The third-order valence-electron chi connectivity index (χ3n) is 5.56. The Labute approximate surface area is 189 Å². The quantitative estimate of drug-likeness (QED) is 0.405. The second-order valence-electron chi connectivity index (χ2n) is 7.76. The lowest BCUT2D eigenvalue weighted by atomic mass is 9.99. The van der Waals surface area contributed by atoms with Crippen molar-refractivity contribution in [1.82, 2.24) is 15.5 Å². The van der Waals surface area contributed by atoms with Crippen molar-refractivity contribution in [3.8, 4) is 11.1 Å². The number of nitrogens with zero attached hydrogens (tertiary/aromatic N) is 1. The molecule has 0 saturated carbocycles. The number of aromatic amines is 1. The Morgan fingerprint density at radius 2 is 1.70 bits per heavy atom. The Kier molecular flexibility index (Phi) is 5.55. The summed E-state index contributed by atoms with van der Waals surface area (Å²) in [6, 6.07) is 26.8. The van der Waals surface area contributed by atoms with Gasteiger partial charge in [-0.05, 0) is 47.0 Å². The maximum atomic E-state index is 12.5. The molecule has 0 saturated heterocycles. The molecule has 6 heteroatoms. The van der Waals surface area contributed by atoms with Gasteiger partial charge < -0.3 is 9.73 Å². The smallest absolute Gasteiger partial charge is 0.272 e. The molecule has 2 N–H and O–H groups in total. The normalized spacial score (nSPS) is 10.9. The van der Waals surface area contributed by atoms with E-state index < -0.39 is 0 Å². The van der Waals surface area contributed by atoms with Gasteiger partial charge in [-0.3, -0.25) is 9.59 Å². The molecule has 0 radical (unpaired) electrons. The first-order valence-corrected chi connectivity index (χ1v) is 10.6. The summed E-state index contributed by atoms with van der Waals surface area (Å²) in [7, 11) is 0. The fraction of sp³-hybridized carbons (Fsp3) is 0.0741. The molecule has 2 heterocycles. The van der Waals surface area contributed by atoms with E-state index in [0.717, 1.165) is 27.8 Å². The van der Waals surface area contributed by atoms with Gasteiger partial charge in [0.1, 0.15) is 5.76 Å². The molecule has 0 atom stereocenters. The summed E-state index contributed by atoms with van der Waals surface area (Å²) in [6.07, 6.45) is 2.19. The number of carbonyl (C=O) groups is 1. The van der Waals surface area contributed by atoms with Crippen LogP contribution in [0.1, 0.15) is 27.4 Å². The minimum atomic E-state index is -0.183. The molecule has 0 fully saturated rings. The van der Waals surface area contributed by atoms with Crippen LogP contribution in [0.3, 0.4) is 0 Å². The van der Waals surface area contributed by atoms with E-state index in [1.54, 1.807) is 24.5 Å². The van der Waals surface area contributed by atoms with Crippen LogP contribution in [0.5, 0.6) is 0 Å². The third-order valence-corrected chi connectivity index (χ3v) is 5.56. The second kappa shape index (κ2) is 8.96. The lowest BCUT2D eigenvalue weighted by Crippen LogP contribution is -2.22. The van der Waals surface area contributed by atoms with E-state index in [-0.39, 0.29) is 11.5 Å². The number of rotatable bonds is 6. The van der Waals surface area contributed by atoms with Crippen molar-refractivity contribution in [2.24, 2.45) is 0 Å². The lowest BCUT2D eigenvalue weighted by Gasteiger charge is -2.08. The number of hydrogen-bond donors (Lipinski definition) is 2. The Morgan fingerprint density at radius 1 is 0.879 bits per heavy atom. The molecular formula is C27H21N3O3. The van der Waals surface area contributed by atoms with E-state index in [2.05, 4.69) is 15.5 Å². The molecule has 0 spiro atoms. The van der Waals surface area contributed by atoms with Crippen molar-refractivity contribution in [2.75, 3.05) is 0 Å². The van der Waals surface area contributed by atoms with E-state index in [4.69, 9.17) is 4.42 Å². The molecular weight excluding hydrogens is 414 g/mol. The number of amides is 1. The average molecular weight is 435 g/mol. The van der Waals surface area contributed by atoms with Crippen molar-refractivity contribution in [1.29, 1.82) is 0 Å². The minimum absolute atomic E-state index is 0.152. The van der Waals surface area contributed by atoms with E-state index in [9.17, 15) is 9.59 Å². The first kappa shape index (κ1) is 20.5. The molecule has 1 amide bonds. The first-order valence-electron chi connectivity index (χ1n) is 10.6. The summed E-state index contributed by atoms with van der Waals surface area (Å²) < 4.78 is 5.26. The highest BCUT2D eigenvalue weighted by Crippen LogP contribution is 2.23. The SMILES string of the molecule is O=C(NCc1ccco1)c1cccc(-c2ccc(Cc3n[nH]c(=O)c4ccccc34)cc2)c1. The number of carbonyl (C=O) groups excluding carboxylic acids is 1. The molecule has 0 aliphatic carbocycles. The van der Waals surface area contributed by atoms with Gasteiger partial charge in [0.25, 0.3) is 11.5 Å². The average Bonchev–Trinajstić information content (AvgIpc) is 3.39. The van der Waals surface area contributed by atoms with E-state index in [1.165, 1.54) is 0 Å². The van der Waals surface area contributed by atoms with Crippen LogP contribution in [-0.2, 0) is 13.0 Å². The van der Waals surface area contributed by atoms with Crippen LogP contribution in [0.4, 0.5) is 0 Å². The number of furan rings is 1. The predicted molar refractivity (Wildman–Crippen MR) is 127 cm³/mol. The van der Waals surface area contributed by atoms with Gasteiger partial charge in [-0.25, -0.2) is 5.10 Å². The van der Waals surface area contributed by atoms with Crippen molar-refractivity contribution in [3.05, 3.63) is 124 Å². The van der Waals surface area contributed by atoms with Gasteiger partial charge in [0.05, 0.1) is 23.9 Å². The van der Waals surface area contributed by atoms with Crippen LogP contribution >= 0.6 is 0 Å². The topological polar surface area (TPSA) is 88.0 Å². The van der Waals surface area contributed by atoms with Crippen LogP contribution < -0.4 is 10.9 Å². The predicted octanol–water partition coefficient (Wildman–Crippen LogP) is 4.70. The standard InChI is InChI=1S/C27H21N3O3/c31-26(28-17-22-7-4-14-33-22)21-6-3-5-20(16-21)19-12-10-18(11-13-19)15-25-23-8-1-2-9-24(23)27(32)30-29-25/h1-14,16H,15,17H2,(H,28,31)(H,30,32). The van der Waals surface area contributed by atoms with Crippen LogP contribution in [0.25, 0.3) is 21.9 Å². The summed E-state index contributed by atoms with van der Waals surface area (Å²) >= 11 is 0. The number of hydrogen-bond acceptors (Lipinski definition) is 4. The van der Waals surface area contributed by atoms with Crippen molar-refractivity contribution in [2.45, 2.75) is 13.0 Å². The van der Waals surface area contributed by atoms with Gasteiger partial charge in [-0.2, -0.15) is 5.10 Å². The Hall–Kier alpha value is -4.45. The fourth-order valence-electron chi connectivity index (χ4n) is 3.84. The molecule has 0 bridgehead atoms. The highest BCUT2D eigenvalue weighted by atomic mass is 16.3. The number of fused-ring (bicyclic) bond motifs is 1. The van der Waals surface area contributed by atoms with Crippen molar-refractivity contribution < 1.29 is 9.21 Å². The highest BCUT2D eigenvalue weighted by Gasteiger charge is 2.10. The minimum Gasteiger partial charge on any atom is -0.467 e. The zero-order chi connectivity index (χ0) is 22.6. The maximum Gasteiger partial charge on any atom is 0.272 e. The van der Waals surface area contributed by atoms with Gasteiger partial charge in [-0.1, -0.05) is 54.6 Å². The molecule has 6 nitrogen and oxygen atoms in total. The zero-order valence-corrected chi connectivity index (χ0v) is 17.7. The Morgan fingerprint density at radius 3 is 2.48 bits per heavy atom. The molecule has 0 aliphatic rings. The molecule has 5 aromatic rings. The van der Waals surface area contributed by atoms with Crippen LogP contribution in [0, 0.1) is 0 Å². The number of aromatic nitrogens is 2. The monoisotopic (exact) mass is 435 g/mol. The van der Waals surface area contributed by atoms with Crippen LogP contribution in [0.15, 0.2) is 100 Å². The van der Waals surface area contributed by atoms with Crippen LogP contribution in [0.2, 0.25) is 0 Å². The largest absolute Gasteiger partial charge is 0.467 e. The summed E-state index contributed by atoms with van der Waals surface area (Å²) in [5, 5.41) is 11.2. The van der Waals surface area contributed by atoms with Crippen LogP contribution in [-0.4, -0.2) is 16.1 Å². The molecule has 0 aliphatic heterocycles. The summed E-state index contributed by atoms with van der Waals surface area (Å²) in [5.74, 6) is 0.556. The van der Waals surface area contributed by atoms with Crippen molar-refractivity contribution in [3.63, 3.8) is 0 Å². The summed E-state index contributed by atoms with van der Waals surface area (Å²) in [5.41, 5.74) is 4.28. The van der Waals surface area contributed by atoms with E-state index >= 15 is 0 Å². The molecule has 162 valence electrons. The van der Waals surface area contributed by atoms with Gasteiger partial charge in [0.2, 0.25) is 0 Å². The van der Waals surface area contributed by atoms with Gasteiger partial charge >= 0.3 is 0 Å². The van der Waals surface area contributed by atoms with E-state index in [1.807, 2.05) is 66.7 Å². The fourth-order valence-corrected chi connectivity index (χ4v) is 3.84. The number of H-pyrrole nitrogens is 1. The summed E-state index contributed by atoms with van der Waals surface area (Å²) in [4.78, 5) is 24.5. The molecule has 3 aromatic carbocycles. The first-order chi connectivity index (χ1) is 16.2. The maximum absolute atomic E-state index is 12.5. The van der Waals surface area contributed by atoms with Gasteiger partial charge in [0.15, 0.2) is 0 Å². The number of benzene rings is 3. The number of nitrogens with one attached hydrogen (secondary N) is 2. The highest BCUT2D eigenvalue weighted by molar-refractivity contribution is 5.95. The Balaban J connectivity index is 1.33. The van der Waals surface area contributed by atoms with E-state index in [0.29, 0.717) is 29.7 Å². The van der Waals surface area contributed by atoms with Gasteiger partial charge in [0, 0.05) is 17.4 Å². The van der Waals surface area contributed by atoms with Crippen molar-refractivity contribution >= 4 is 16.7 Å². The zero-order valence-electron chi connectivity index (χ0n) is 17.7. The second-order valence-corrected chi connectivity index (χ2v) is 7.76. The molecule has 5 rings (SSSR count). The summed E-state index contributed by atoms with van der Waals surface area (Å²) in [6.45, 7) is 0.345. The molecule has 0 unspecified atom stereocenters. The lowest BCUT2D eigenvalue weighted by molar-refractivity contribution is 0.0948. The van der Waals surface area contributed by atoms with Gasteiger partial charge in [-0.15, -0.1) is 0 Å². The Bertz CT molecular complexity index is 1470.